The highest BCUT2D eigenvalue weighted by Crippen LogP contribution is 2.36. The van der Waals surface area contributed by atoms with Gasteiger partial charge in [0.15, 0.2) is 11.6 Å². The summed E-state index contributed by atoms with van der Waals surface area (Å²) in [6.45, 7) is 20.4. The normalized spacial score (nSPS) is 19.4. The summed E-state index contributed by atoms with van der Waals surface area (Å²) in [4.78, 5) is 76.0. The highest BCUT2D eigenvalue weighted by molar-refractivity contribution is 7.99. The van der Waals surface area contributed by atoms with Crippen molar-refractivity contribution in [2.24, 2.45) is 28.6 Å². The summed E-state index contributed by atoms with van der Waals surface area (Å²) < 4.78 is 8.99. The molecule has 3 aromatic carbocycles. The summed E-state index contributed by atoms with van der Waals surface area (Å²) in [6, 6.07) is 24.8. The van der Waals surface area contributed by atoms with Gasteiger partial charge < -0.3 is 19.9 Å². The van der Waals surface area contributed by atoms with E-state index in [1.165, 1.54) is 23.5 Å². The molecule has 1 N–H and O–H groups in total. The second kappa shape index (κ2) is 22.2. The lowest BCUT2D eigenvalue weighted by molar-refractivity contribution is -0.139. The molecule has 0 spiro atoms. The van der Waals surface area contributed by atoms with Crippen LogP contribution in [0.2, 0.25) is 0 Å². The fourth-order valence-corrected chi connectivity index (χ4v) is 10.6. The van der Waals surface area contributed by atoms with Crippen LogP contribution < -0.4 is 5.32 Å². The van der Waals surface area contributed by atoms with Gasteiger partial charge in [0.2, 0.25) is 22.1 Å². The first-order valence-electron chi connectivity index (χ1n) is 24.3. The average Bonchev–Trinajstić information content (AvgIpc) is 4.13. The van der Waals surface area contributed by atoms with Gasteiger partial charge in [-0.25, -0.2) is 14.2 Å². The molecule has 378 valence electrons. The Labute approximate surface area is 425 Å². The van der Waals surface area contributed by atoms with Crippen LogP contribution in [-0.2, 0) is 27.4 Å². The molecule has 2 aromatic heterocycles. The summed E-state index contributed by atoms with van der Waals surface area (Å²) in [7, 11) is 0. The zero-order chi connectivity index (χ0) is 51.3. The summed E-state index contributed by atoms with van der Waals surface area (Å²) in [5, 5.41) is 29.1. The number of aromatic nitrogens is 8. The average molecular weight is 1010 g/mol. The zero-order valence-electron chi connectivity index (χ0n) is 42.4. The predicted octanol–water partition coefficient (Wildman–Crippen LogP) is 8.56. The van der Waals surface area contributed by atoms with E-state index in [4.69, 9.17) is 4.74 Å². The van der Waals surface area contributed by atoms with Crippen molar-refractivity contribution < 1.29 is 28.7 Å². The number of rotatable bonds is 17. The Bertz CT molecular complexity index is 2660. The van der Waals surface area contributed by atoms with Crippen LogP contribution >= 0.6 is 23.5 Å². The van der Waals surface area contributed by atoms with Crippen LogP contribution in [0.5, 0.6) is 0 Å². The number of carbonyl (C=O) groups is 5. The van der Waals surface area contributed by atoms with E-state index in [0.717, 1.165) is 9.79 Å². The largest absolute Gasteiger partial charge is 0.444 e. The van der Waals surface area contributed by atoms with E-state index in [1.54, 1.807) is 59.3 Å². The van der Waals surface area contributed by atoms with Crippen LogP contribution in [0.15, 0.2) is 105 Å². The number of hydrogen-bond acceptors (Lipinski definition) is 14. The Balaban J connectivity index is 1.06. The molecule has 19 heteroatoms. The third-order valence-corrected chi connectivity index (χ3v) is 15.1. The van der Waals surface area contributed by atoms with Crippen LogP contribution in [0.3, 0.4) is 0 Å². The number of nitrogens with one attached hydrogen (secondary N) is 1. The van der Waals surface area contributed by atoms with E-state index < -0.39 is 29.2 Å². The molecule has 17 nitrogen and oxygen atoms in total. The van der Waals surface area contributed by atoms with E-state index in [9.17, 15) is 24.0 Å². The van der Waals surface area contributed by atoms with Crippen molar-refractivity contribution in [2.75, 3.05) is 13.1 Å². The number of ether oxygens (including phenoxy) is 1. The maximum atomic E-state index is 14.7. The molecule has 0 bridgehead atoms. The second-order valence-electron chi connectivity index (χ2n) is 22.0. The lowest BCUT2D eigenvalue weighted by Crippen LogP contribution is -2.56. The van der Waals surface area contributed by atoms with Crippen molar-refractivity contribution in [3.8, 4) is 0 Å². The highest BCUT2D eigenvalue weighted by Gasteiger charge is 2.44. The minimum atomic E-state index is -0.943. The molecule has 0 saturated carbocycles. The predicted molar refractivity (Wildman–Crippen MR) is 270 cm³/mol. The zero-order valence-corrected chi connectivity index (χ0v) is 44.1. The van der Waals surface area contributed by atoms with Crippen molar-refractivity contribution in [1.29, 1.82) is 0 Å². The minimum Gasteiger partial charge on any atom is -0.444 e. The number of Topliss-reactive ketones (excluding diaryl/α,β-unsaturated/α-hetero) is 2. The fourth-order valence-electron chi connectivity index (χ4n) is 9.05. The quantitative estimate of drug-likeness (QED) is 0.0869. The SMILES string of the molecule is C[C@H](C(=O)N1C[C@@H](CC(=O)c2cccc(C(=O)C[C@H]3C[C@@H](Cn4nnnc4Sc4ccccc4)N(C(=O)[C@@H](NC(=O)OC(C)(C)C)C(C)(C)C)C3)c2)C[C@H]1Cn1nnnc1Sc1ccccc1)C(C)(C)C. The van der Waals surface area contributed by atoms with Crippen molar-refractivity contribution in [1.82, 2.24) is 55.5 Å². The number of benzene rings is 3. The van der Waals surface area contributed by atoms with Crippen LogP contribution in [0, 0.1) is 28.6 Å². The Hall–Kier alpha value is -5.95. The Kier molecular flexibility index (Phi) is 16.5. The number of likely N-dealkylation sites (tertiary alicyclic amines) is 2. The van der Waals surface area contributed by atoms with Gasteiger partial charge in [0.1, 0.15) is 11.6 Å². The van der Waals surface area contributed by atoms with E-state index in [1.807, 2.05) is 93.3 Å². The third kappa shape index (κ3) is 13.9. The Morgan fingerprint density at radius 1 is 0.634 bits per heavy atom. The Morgan fingerprint density at radius 3 is 1.51 bits per heavy atom. The molecule has 5 aromatic rings. The van der Waals surface area contributed by atoms with Gasteiger partial charge >= 0.3 is 6.09 Å². The highest BCUT2D eigenvalue weighted by atomic mass is 32.2. The lowest BCUT2D eigenvalue weighted by atomic mass is 9.81. The molecule has 71 heavy (non-hydrogen) atoms. The smallest absolute Gasteiger partial charge is 0.408 e. The molecule has 2 fully saturated rings. The molecule has 0 radical (unpaired) electrons. The first kappa shape index (κ1) is 52.9. The van der Waals surface area contributed by atoms with E-state index in [2.05, 4.69) is 57.1 Å². The van der Waals surface area contributed by atoms with Gasteiger partial charge in [-0.1, -0.05) is 103 Å². The van der Waals surface area contributed by atoms with Crippen LogP contribution in [-0.4, -0.2) is 117 Å². The van der Waals surface area contributed by atoms with E-state index in [0.29, 0.717) is 47.4 Å². The third-order valence-electron chi connectivity index (χ3n) is 13.1. The molecular weight excluding hydrogens is 939 g/mol. The van der Waals surface area contributed by atoms with E-state index in [-0.39, 0.29) is 78.5 Å². The molecule has 0 aliphatic carbocycles. The number of hydrogen-bond donors (Lipinski definition) is 1. The number of carbonyl (C=O) groups excluding carboxylic acids is 5. The second-order valence-corrected chi connectivity index (χ2v) is 24.1. The first-order valence-corrected chi connectivity index (χ1v) is 25.9. The number of nitrogens with zero attached hydrogens (tertiary/aromatic N) is 10. The topological polar surface area (TPSA) is 200 Å². The molecular formula is C52H67N11O6S2. The minimum absolute atomic E-state index is 0.0301. The van der Waals surface area contributed by atoms with Crippen molar-refractivity contribution in [3.05, 3.63) is 96.1 Å². The lowest BCUT2D eigenvalue weighted by Gasteiger charge is -2.36. The summed E-state index contributed by atoms with van der Waals surface area (Å²) in [5.41, 5.74) is -0.914. The van der Waals surface area contributed by atoms with E-state index >= 15 is 0 Å². The molecule has 3 amide bonds. The van der Waals surface area contributed by atoms with Crippen molar-refractivity contribution in [3.63, 3.8) is 0 Å². The van der Waals surface area contributed by atoms with Gasteiger partial charge in [0.25, 0.3) is 0 Å². The van der Waals surface area contributed by atoms with Gasteiger partial charge in [-0.3, -0.25) is 19.2 Å². The molecule has 4 heterocycles. The van der Waals surface area contributed by atoms with Gasteiger partial charge in [-0.05, 0) is 131 Å². The summed E-state index contributed by atoms with van der Waals surface area (Å²) >= 11 is 2.86. The van der Waals surface area contributed by atoms with Crippen molar-refractivity contribution >= 4 is 53.0 Å². The monoisotopic (exact) mass is 1010 g/mol. The maximum absolute atomic E-state index is 14.7. The van der Waals surface area contributed by atoms with Gasteiger partial charge in [-0.15, -0.1) is 10.2 Å². The molecule has 0 unspecified atom stereocenters. The molecule has 7 rings (SSSR count). The van der Waals surface area contributed by atoms with Gasteiger partial charge in [0, 0.05) is 52.8 Å². The standard InChI is InChI=1S/C52H67N11O6S2/c1-33(50(2,3)4)45(66)60-29-34(24-38(60)31-62-47(54-56-58-62)70-40-20-13-11-14-21-40)26-42(64)36-18-17-19-37(28-36)43(65)27-35-25-39(32-63-48(55-57-59-63)71-41-22-15-12-16-23-41)61(30-35)46(67)44(51(5,6)7)53-49(68)69-52(8,9)10/h11-23,28,33-35,38-39,44H,24-27,29-32H2,1-10H3,(H,53,68)/t33-,34-,35-,38+,39+,44-/m1/s1. The Morgan fingerprint density at radius 2 is 1.08 bits per heavy atom. The molecule has 2 aliphatic rings. The maximum Gasteiger partial charge on any atom is 0.408 e. The number of tetrazole rings is 2. The summed E-state index contributed by atoms with van der Waals surface area (Å²) in [5.74, 6) is -1.18. The first-order chi connectivity index (χ1) is 33.5. The van der Waals surface area contributed by atoms with Crippen LogP contribution in [0.4, 0.5) is 4.79 Å². The number of alkyl carbamates (subject to hydrolysis) is 1. The molecule has 2 aliphatic heterocycles. The fraction of sp³-hybridized carbons (Fsp3) is 0.519. The van der Waals surface area contributed by atoms with Gasteiger partial charge in [0.05, 0.1) is 25.2 Å². The molecule has 2 saturated heterocycles. The summed E-state index contributed by atoms with van der Waals surface area (Å²) in [6.07, 6.45) is 0.667. The van der Waals surface area contributed by atoms with Gasteiger partial charge in [-0.2, -0.15) is 0 Å². The van der Waals surface area contributed by atoms with Crippen LogP contribution in [0.1, 0.15) is 116 Å². The van der Waals surface area contributed by atoms with Crippen LogP contribution in [0.25, 0.3) is 0 Å². The van der Waals surface area contributed by atoms with Crippen molar-refractivity contribution in [2.45, 2.75) is 152 Å². The molecule has 6 atom stereocenters. The number of ketones is 2. The number of amides is 3.